The van der Waals surface area contributed by atoms with Crippen molar-refractivity contribution >= 4 is 5.91 Å². The number of hydrogen-bond acceptors (Lipinski definition) is 3. The van der Waals surface area contributed by atoms with Crippen LogP contribution in [0.25, 0.3) is 0 Å². The molecule has 1 saturated heterocycles. The van der Waals surface area contributed by atoms with Gasteiger partial charge in [0.1, 0.15) is 0 Å². The maximum absolute atomic E-state index is 11.6. The lowest BCUT2D eigenvalue weighted by atomic mass is 10.1. The molecule has 1 aromatic heterocycles. The summed E-state index contributed by atoms with van der Waals surface area (Å²) in [7, 11) is 0. The first-order valence-corrected chi connectivity index (χ1v) is 6.24. The maximum Gasteiger partial charge on any atom is 0.221 e. The SMILES string of the molecule is O=C(CC1CCCN1)NCCc1ccccn1. The van der Waals surface area contributed by atoms with Gasteiger partial charge in [0.25, 0.3) is 0 Å². The first-order valence-electron chi connectivity index (χ1n) is 6.24. The quantitative estimate of drug-likeness (QED) is 0.794. The van der Waals surface area contributed by atoms with Gasteiger partial charge in [-0.15, -0.1) is 0 Å². The van der Waals surface area contributed by atoms with E-state index in [1.54, 1.807) is 6.20 Å². The van der Waals surface area contributed by atoms with Gasteiger partial charge in [0.05, 0.1) is 0 Å². The van der Waals surface area contributed by atoms with Crippen molar-refractivity contribution in [3.63, 3.8) is 0 Å². The molecule has 0 radical (unpaired) electrons. The highest BCUT2D eigenvalue weighted by Gasteiger charge is 2.16. The van der Waals surface area contributed by atoms with E-state index in [-0.39, 0.29) is 5.91 Å². The molecule has 1 aliphatic rings. The van der Waals surface area contributed by atoms with Crippen molar-refractivity contribution < 1.29 is 4.79 Å². The van der Waals surface area contributed by atoms with Crippen molar-refractivity contribution in [3.05, 3.63) is 30.1 Å². The smallest absolute Gasteiger partial charge is 0.221 e. The van der Waals surface area contributed by atoms with E-state index in [2.05, 4.69) is 15.6 Å². The Morgan fingerprint density at radius 1 is 1.53 bits per heavy atom. The summed E-state index contributed by atoms with van der Waals surface area (Å²) in [5, 5.41) is 6.26. The molecule has 0 aliphatic carbocycles. The molecule has 2 heterocycles. The van der Waals surface area contributed by atoms with Gasteiger partial charge in [0, 0.05) is 37.3 Å². The molecule has 1 aromatic rings. The van der Waals surface area contributed by atoms with Crippen LogP contribution in [-0.2, 0) is 11.2 Å². The van der Waals surface area contributed by atoms with Gasteiger partial charge in [-0.25, -0.2) is 0 Å². The number of nitrogens with zero attached hydrogens (tertiary/aromatic N) is 1. The Morgan fingerprint density at radius 2 is 2.47 bits per heavy atom. The van der Waals surface area contributed by atoms with Crippen LogP contribution in [0.2, 0.25) is 0 Å². The van der Waals surface area contributed by atoms with Crippen molar-refractivity contribution in [3.8, 4) is 0 Å². The first kappa shape index (κ1) is 12.0. The fourth-order valence-corrected chi connectivity index (χ4v) is 2.10. The van der Waals surface area contributed by atoms with E-state index < -0.39 is 0 Å². The minimum absolute atomic E-state index is 0.139. The van der Waals surface area contributed by atoms with Crippen molar-refractivity contribution in [1.29, 1.82) is 0 Å². The fraction of sp³-hybridized carbons (Fsp3) is 0.538. The van der Waals surface area contributed by atoms with Crippen LogP contribution < -0.4 is 10.6 Å². The average Bonchev–Trinajstić information content (AvgIpc) is 2.83. The first-order chi connectivity index (χ1) is 8.34. The lowest BCUT2D eigenvalue weighted by Crippen LogP contribution is -2.32. The zero-order chi connectivity index (χ0) is 11.9. The average molecular weight is 233 g/mol. The van der Waals surface area contributed by atoms with Gasteiger partial charge < -0.3 is 10.6 Å². The summed E-state index contributed by atoms with van der Waals surface area (Å²) >= 11 is 0. The molecule has 4 nitrogen and oxygen atoms in total. The highest BCUT2D eigenvalue weighted by Crippen LogP contribution is 2.08. The normalized spacial score (nSPS) is 19.2. The molecular formula is C13H19N3O. The standard InChI is InChI=1S/C13H19N3O/c17-13(10-12-5-3-8-15-12)16-9-6-11-4-1-2-7-14-11/h1-2,4,7,12,15H,3,5-6,8-10H2,(H,16,17). The molecule has 92 valence electrons. The van der Waals surface area contributed by atoms with Crippen molar-refractivity contribution in [2.24, 2.45) is 0 Å². The van der Waals surface area contributed by atoms with E-state index in [4.69, 9.17) is 0 Å². The topological polar surface area (TPSA) is 54.0 Å². The summed E-state index contributed by atoms with van der Waals surface area (Å²) in [6, 6.07) is 6.22. The number of amides is 1. The molecule has 1 atom stereocenters. The number of carbonyl (C=O) groups is 1. The monoisotopic (exact) mass is 233 g/mol. The largest absolute Gasteiger partial charge is 0.356 e. The van der Waals surface area contributed by atoms with Crippen LogP contribution in [0.4, 0.5) is 0 Å². The van der Waals surface area contributed by atoms with Crippen LogP contribution in [0.15, 0.2) is 24.4 Å². The Morgan fingerprint density at radius 3 is 3.18 bits per heavy atom. The van der Waals surface area contributed by atoms with Gasteiger partial charge in [0.15, 0.2) is 0 Å². The molecule has 2 rings (SSSR count). The van der Waals surface area contributed by atoms with Crippen LogP contribution in [0.3, 0.4) is 0 Å². The Hall–Kier alpha value is -1.42. The molecule has 0 saturated carbocycles. The fourth-order valence-electron chi connectivity index (χ4n) is 2.10. The molecule has 0 aromatic carbocycles. The number of hydrogen-bond donors (Lipinski definition) is 2. The van der Waals surface area contributed by atoms with E-state index in [0.717, 1.165) is 25.1 Å². The molecule has 1 amide bonds. The van der Waals surface area contributed by atoms with E-state index in [1.165, 1.54) is 6.42 Å². The molecule has 17 heavy (non-hydrogen) atoms. The third kappa shape index (κ3) is 4.15. The molecule has 1 fully saturated rings. The summed E-state index contributed by atoms with van der Waals surface area (Å²) in [6.07, 6.45) is 5.48. The second kappa shape index (κ2) is 6.35. The van der Waals surface area contributed by atoms with Crippen molar-refractivity contribution in [2.45, 2.75) is 31.7 Å². The maximum atomic E-state index is 11.6. The molecule has 4 heteroatoms. The van der Waals surface area contributed by atoms with E-state index in [1.807, 2.05) is 18.2 Å². The molecule has 1 aliphatic heterocycles. The third-order valence-electron chi connectivity index (χ3n) is 3.02. The van der Waals surface area contributed by atoms with E-state index in [0.29, 0.717) is 19.0 Å². The van der Waals surface area contributed by atoms with Gasteiger partial charge >= 0.3 is 0 Å². The Labute approximate surface area is 102 Å². The number of pyridine rings is 1. The molecular weight excluding hydrogens is 214 g/mol. The van der Waals surface area contributed by atoms with Crippen LogP contribution in [-0.4, -0.2) is 30.0 Å². The van der Waals surface area contributed by atoms with Gasteiger partial charge in [-0.3, -0.25) is 9.78 Å². The van der Waals surface area contributed by atoms with Crippen LogP contribution in [0.1, 0.15) is 25.0 Å². The van der Waals surface area contributed by atoms with Gasteiger partial charge in [-0.2, -0.15) is 0 Å². The second-order valence-electron chi connectivity index (χ2n) is 4.42. The zero-order valence-corrected chi connectivity index (χ0v) is 9.98. The van der Waals surface area contributed by atoms with E-state index >= 15 is 0 Å². The molecule has 0 bridgehead atoms. The van der Waals surface area contributed by atoms with Crippen LogP contribution in [0, 0.1) is 0 Å². The summed E-state index contributed by atoms with van der Waals surface area (Å²) in [6.45, 7) is 1.72. The summed E-state index contributed by atoms with van der Waals surface area (Å²) in [5.74, 6) is 0.139. The minimum atomic E-state index is 0.139. The van der Waals surface area contributed by atoms with Gasteiger partial charge in [-0.1, -0.05) is 6.07 Å². The number of carbonyl (C=O) groups excluding carboxylic acids is 1. The van der Waals surface area contributed by atoms with E-state index in [9.17, 15) is 4.79 Å². The van der Waals surface area contributed by atoms with Crippen molar-refractivity contribution in [2.75, 3.05) is 13.1 Å². The highest BCUT2D eigenvalue weighted by molar-refractivity contribution is 5.76. The van der Waals surface area contributed by atoms with Crippen LogP contribution >= 0.6 is 0 Å². The van der Waals surface area contributed by atoms with Crippen LogP contribution in [0.5, 0.6) is 0 Å². The number of aromatic nitrogens is 1. The Kier molecular flexibility index (Phi) is 4.50. The predicted molar refractivity (Wildman–Crippen MR) is 66.6 cm³/mol. The highest BCUT2D eigenvalue weighted by atomic mass is 16.1. The number of nitrogens with one attached hydrogen (secondary N) is 2. The summed E-state index contributed by atoms with van der Waals surface area (Å²) < 4.78 is 0. The predicted octanol–water partition coefficient (Wildman–Crippen LogP) is 0.882. The number of rotatable bonds is 5. The summed E-state index contributed by atoms with van der Waals surface area (Å²) in [4.78, 5) is 15.8. The molecule has 1 unspecified atom stereocenters. The molecule has 0 spiro atoms. The second-order valence-corrected chi connectivity index (χ2v) is 4.42. The summed E-state index contributed by atoms with van der Waals surface area (Å²) in [5.41, 5.74) is 1.02. The lowest BCUT2D eigenvalue weighted by Gasteiger charge is -2.10. The molecule has 2 N–H and O–H groups in total. The lowest BCUT2D eigenvalue weighted by molar-refractivity contribution is -0.121. The Bertz CT molecular complexity index is 347. The zero-order valence-electron chi connectivity index (χ0n) is 9.98. The van der Waals surface area contributed by atoms with Gasteiger partial charge in [-0.05, 0) is 31.5 Å². The third-order valence-corrected chi connectivity index (χ3v) is 3.02. The van der Waals surface area contributed by atoms with Gasteiger partial charge in [0.2, 0.25) is 5.91 Å². The Balaban J connectivity index is 1.63. The van der Waals surface area contributed by atoms with Crippen molar-refractivity contribution in [1.82, 2.24) is 15.6 Å². The minimum Gasteiger partial charge on any atom is -0.356 e.